The summed E-state index contributed by atoms with van der Waals surface area (Å²) in [5, 5.41) is 9.55. The van der Waals surface area contributed by atoms with E-state index in [4.69, 9.17) is 9.97 Å². The maximum atomic E-state index is 5.29. The first-order valence-corrected chi connectivity index (χ1v) is 20.1. The first kappa shape index (κ1) is 32.1. The number of fused-ring (bicyclic) bond motifs is 14. The van der Waals surface area contributed by atoms with Gasteiger partial charge >= 0.3 is 0 Å². The van der Waals surface area contributed by atoms with E-state index in [1.807, 2.05) is 12.1 Å². The van der Waals surface area contributed by atoms with Gasteiger partial charge in [-0.2, -0.15) is 0 Å². The number of nitrogens with zero attached hydrogens (tertiary/aromatic N) is 5. The number of benzene rings is 8. The molecule has 0 atom stereocenters. The van der Waals surface area contributed by atoms with Gasteiger partial charge < -0.3 is 0 Å². The summed E-state index contributed by atoms with van der Waals surface area (Å²) >= 11 is 0. The van der Waals surface area contributed by atoms with Crippen LogP contribution >= 0.6 is 0 Å². The summed E-state index contributed by atoms with van der Waals surface area (Å²) in [5.41, 5.74) is 13.3. The quantitative estimate of drug-likeness (QED) is 0.180. The van der Waals surface area contributed by atoms with Gasteiger partial charge in [-0.05, 0) is 77.2 Å². The third-order valence-corrected chi connectivity index (χ3v) is 12.2. The molecule has 0 aliphatic rings. The first-order valence-electron chi connectivity index (χ1n) is 20.1. The zero-order chi connectivity index (χ0) is 38.6. The van der Waals surface area contributed by atoms with E-state index in [9.17, 15) is 0 Å². The molecule has 0 spiro atoms. The number of hydrogen-bond acceptors (Lipinski definition) is 2. The molecule has 0 aliphatic heterocycles. The van der Waals surface area contributed by atoms with Gasteiger partial charge in [0.2, 0.25) is 5.95 Å². The zero-order valence-corrected chi connectivity index (χ0v) is 31.8. The van der Waals surface area contributed by atoms with Gasteiger partial charge in [-0.15, -0.1) is 0 Å². The van der Waals surface area contributed by atoms with Gasteiger partial charge in [-0.3, -0.25) is 13.5 Å². The van der Waals surface area contributed by atoms with Crippen molar-refractivity contribution in [1.29, 1.82) is 0 Å². The second kappa shape index (κ2) is 12.2. The summed E-state index contributed by atoms with van der Waals surface area (Å²) in [5.74, 6) is 0.660. The fourth-order valence-corrected chi connectivity index (χ4v) is 9.63. The van der Waals surface area contributed by atoms with Gasteiger partial charge in [-0.1, -0.05) is 140 Å². The second-order valence-corrected chi connectivity index (χ2v) is 15.4. The summed E-state index contributed by atoms with van der Waals surface area (Å²) in [6, 6.07) is 71.9. The molecule has 0 saturated heterocycles. The van der Waals surface area contributed by atoms with Crippen LogP contribution in [0.2, 0.25) is 0 Å². The molecule has 8 aromatic carbocycles. The Kier molecular flexibility index (Phi) is 6.66. The highest BCUT2D eigenvalue weighted by atomic mass is 15.2. The molecule has 0 unspecified atom stereocenters. The third kappa shape index (κ3) is 4.61. The van der Waals surface area contributed by atoms with Gasteiger partial charge in [-0.25, -0.2) is 9.97 Å². The Hall–Kier alpha value is -8.02. The average molecular weight is 752 g/mol. The van der Waals surface area contributed by atoms with Crippen molar-refractivity contribution < 1.29 is 0 Å². The second-order valence-electron chi connectivity index (χ2n) is 15.4. The summed E-state index contributed by atoms with van der Waals surface area (Å²) in [7, 11) is 0. The van der Waals surface area contributed by atoms with Crippen molar-refractivity contribution in [2.24, 2.45) is 0 Å². The molecule has 5 heteroatoms. The van der Waals surface area contributed by atoms with E-state index in [0.717, 1.165) is 55.2 Å². The predicted molar refractivity (Wildman–Crippen MR) is 245 cm³/mol. The maximum absolute atomic E-state index is 5.29. The van der Waals surface area contributed by atoms with Gasteiger partial charge in [0.05, 0.1) is 38.8 Å². The highest BCUT2D eigenvalue weighted by Gasteiger charge is 2.22. The maximum Gasteiger partial charge on any atom is 0.235 e. The molecule has 274 valence electrons. The third-order valence-electron chi connectivity index (χ3n) is 12.2. The van der Waals surface area contributed by atoms with Crippen molar-refractivity contribution in [3.8, 4) is 34.0 Å². The Bertz CT molecular complexity index is 3830. The normalized spacial score (nSPS) is 12.1. The lowest BCUT2D eigenvalue weighted by atomic mass is 9.99. The number of hydrogen-bond donors (Lipinski definition) is 0. The van der Waals surface area contributed by atoms with Crippen molar-refractivity contribution in [2.45, 2.75) is 0 Å². The van der Waals surface area contributed by atoms with E-state index in [1.54, 1.807) is 0 Å². The SMILES string of the molecule is c1ccc(-c2nc(-n3c4ccccc4c4cc(-c5ccc6c(c5)c5c7ccccc7c7cc8ccccc8n7c5n6-c5ccccc5)ccc43)nc3ccccc23)cc1. The predicted octanol–water partition coefficient (Wildman–Crippen LogP) is 13.7. The number of pyridine rings is 1. The van der Waals surface area contributed by atoms with Crippen LogP contribution in [-0.4, -0.2) is 23.5 Å². The molecular formula is C54H33N5. The summed E-state index contributed by atoms with van der Waals surface area (Å²) in [6.07, 6.45) is 0. The van der Waals surface area contributed by atoms with Gasteiger partial charge in [0.25, 0.3) is 0 Å². The Morgan fingerprint density at radius 2 is 0.915 bits per heavy atom. The molecule has 0 saturated carbocycles. The molecular weight excluding hydrogens is 719 g/mol. The highest BCUT2D eigenvalue weighted by molar-refractivity contribution is 6.25. The van der Waals surface area contributed by atoms with E-state index in [1.165, 1.54) is 54.7 Å². The molecule has 0 fully saturated rings. The lowest BCUT2D eigenvalue weighted by Crippen LogP contribution is -2.03. The Balaban J connectivity index is 1.08. The molecule has 5 aromatic heterocycles. The Labute approximate surface area is 338 Å². The molecule has 0 N–H and O–H groups in total. The summed E-state index contributed by atoms with van der Waals surface area (Å²) in [4.78, 5) is 10.5. The molecule has 13 aromatic rings. The summed E-state index contributed by atoms with van der Waals surface area (Å²) < 4.78 is 7.14. The van der Waals surface area contributed by atoms with E-state index in [0.29, 0.717) is 5.95 Å². The Morgan fingerprint density at radius 1 is 0.339 bits per heavy atom. The minimum absolute atomic E-state index is 0.660. The van der Waals surface area contributed by atoms with E-state index in [-0.39, 0.29) is 0 Å². The molecule has 0 amide bonds. The fraction of sp³-hybridized carbons (Fsp3) is 0. The van der Waals surface area contributed by atoms with Crippen LogP contribution in [0, 0.1) is 0 Å². The van der Waals surface area contributed by atoms with Crippen molar-refractivity contribution >= 4 is 81.8 Å². The van der Waals surface area contributed by atoms with Gasteiger partial charge in [0.1, 0.15) is 5.65 Å². The molecule has 5 heterocycles. The lowest BCUT2D eigenvalue weighted by Gasteiger charge is -2.12. The van der Waals surface area contributed by atoms with E-state index in [2.05, 4.69) is 202 Å². The van der Waals surface area contributed by atoms with Crippen LogP contribution in [0.25, 0.3) is 116 Å². The topological polar surface area (TPSA) is 40.0 Å². The molecule has 13 rings (SSSR count). The van der Waals surface area contributed by atoms with Crippen LogP contribution in [0.3, 0.4) is 0 Å². The first-order chi connectivity index (χ1) is 29.3. The lowest BCUT2D eigenvalue weighted by molar-refractivity contribution is 1.01. The summed E-state index contributed by atoms with van der Waals surface area (Å²) in [6.45, 7) is 0. The van der Waals surface area contributed by atoms with Crippen LogP contribution in [0.5, 0.6) is 0 Å². The van der Waals surface area contributed by atoms with Crippen molar-refractivity contribution in [3.05, 3.63) is 200 Å². The van der Waals surface area contributed by atoms with Gasteiger partial charge in [0.15, 0.2) is 0 Å². The molecule has 5 nitrogen and oxygen atoms in total. The minimum atomic E-state index is 0.660. The molecule has 0 aliphatic carbocycles. The minimum Gasteiger partial charge on any atom is -0.295 e. The highest BCUT2D eigenvalue weighted by Crippen LogP contribution is 2.43. The average Bonchev–Trinajstić information content (AvgIpc) is 3.97. The van der Waals surface area contributed by atoms with Crippen LogP contribution in [0.1, 0.15) is 0 Å². The van der Waals surface area contributed by atoms with Crippen molar-refractivity contribution in [1.82, 2.24) is 23.5 Å². The largest absolute Gasteiger partial charge is 0.295 e. The number of aromatic nitrogens is 5. The van der Waals surface area contributed by atoms with E-state index >= 15 is 0 Å². The van der Waals surface area contributed by atoms with Crippen molar-refractivity contribution in [3.63, 3.8) is 0 Å². The van der Waals surface area contributed by atoms with Gasteiger partial charge in [0, 0.05) is 49.0 Å². The van der Waals surface area contributed by atoms with Crippen LogP contribution in [0.15, 0.2) is 200 Å². The fourth-order valence-electron chi connectivity index (χ4n) is 9.63. The van der Waals surface area contributed by atoms with Crippen LogP contribution in [0.4, 0.5) is 0 Å². The molecule has 0 bridgehead atoms. The zero-order valence-electron chi connectivity index (χ0n) is 31.8. The monoisotopic (exact) mass is 751 g/mol. The standard InChI is InChI=1S/C54H33N5/c1-3-15-34(16-4-1)52-42-23-10-12-24-45(42)55-54(56-52)59-47-26-14-11-21-40(47)43-31-35(27-29-48(43)59)36-28-30-49-44(32-36)51-41-22-9-8-20-39(41)50-33-37-17-7-13-25-46(37)58(50)53(51)57(49)38-18-5-2-6-19-38/h1-33H. The molecule has 59 heavy (non-hydrogen) atoms. The number of para-hydroxylation sites is 4. The number of rotatable bonds is 4. The smallest absolute Gasteiger partial charge is 0.235 e. The van der Waals surface area contributed by atoms with E-state index < -0.39 is 0 Å². The Morgan fingerprint density at radius 3 is 1.69 bits per heavy atom. The van der Waals surface area contributed by atoms with Crippen LogP contribution < -0.4 is 0 Å². The molecule has 0 radical (unpaired) electrons. The van der Waals surface area contributed by atoms with Crippen LogP contribution in [-0.2, 0) is 0 Å². The van der Waals surface area contributed by atoms with Crippen molar-refractivity contribution in [2.75, 3.05) is 0 Å².